The summed E-state index contributed by atoms with van der Waals surface area (Å²) in [6.45, 7) is 7.54. The Morgan fingerprint density at radius 1 is 0.966 bits per heavy atom. The molecule has 4 rings (SSSR count). The summed E-state index contributed by atoms with van der Waals surface area (Å²) in [7, 11) is 0. The molecule has 0 amide bonds. The highest BCUT2D eigenvalue weighted by atomic mass is 15.1. The Hall–Kier alpha value is -3.34. The number of rotatable bonds is 5. The van der Waals surface area contributed by atoms with Gasteiger partial charge in [-0.3, -0.25) is 5.10 Å². The number of H-pyrrole nitrogens is 1. The second-order valence-electron chi connectivity index (χ2n) is 8.42. The fourth-order valence-corrected chi connectivity index (χ4v) is 3.43. The molecule has 0 atom stereocenters. The molecule has 5 nitrogen and oxygen atoms in total. The van der Waals surface area contributed by atoms with Crippen molar-refractivity contribution < 1.29 is 0 Å². The van der Waals surface area contributed by atoms with Crippen LogP contribution in [0.2, 0.25) is 0 Å². The highest BCUT2D eigenvalue weighted by Gasteiger charge is 2.12. The molecule has 2 heterocycles. The van der Waals surface area contributed by atoms with Gasteiger partial charge in [-0.1, -0.05) is 51.1 Å². The lowest BCUT2D eigenvalue weighted by Crippen LogP contribution is -2.11. The minimum absolute atomic E-state index is 0.186. The van der Waals surface area contributed by atoms with Gasteiger partial charge in [0.15, 0.2) is 5.82 Å². The predicted molar refractivity (Wildman–Crippen MR) is 121 cm³/mol. The van der Waals surface area contributed by atoms with E-state index in [9.17, 15) is 0 Å². The largest absolute Gasteiger partial charge is 0.382 e. The van der Waals surface area contributed by atoms with Gasteiger partial charge in [-0.2, -0.15) is 5.10 Å². The van der Waals surface area contributed by atoms with E-state index in [4.69, 9.17) is 5.73 Å². The van der Waals surface area contributed by atoms with Crippen molar-refractivity contribution >= 4 is 22.5 Å². The van der Waals surface area contributed by atoms with Gasteiger partial charge >= 0.3 is 0 Å². The molecule has 0 aliphatic heterocycles. The van der Waals surface area contributed by atoms with Crippen LogP contribution >= 0.6 is 0 Å². The van der Waals surface area contributed by atoms with E-state index in [1.807, 2.05) is 18.3 Å². The summed E-state index contributed by atoms with van der Waals surface area (Å²) in [5, 5.41) is 11.4. The molecule has 0 bridgehead atoms. The SMILES string of the molecule is CC(C)(C)c1ccc(CCNc2cc(-c3ccc4[nH]nc(N)c4c3)ccn2)cc1. The first-order valence-corrected chi connectivity index (χ1v) is 9.93. The number of nitrogen functional groups attached to an aromatic ring is 1. The summed E-state index contributed by atoms with van der Waals surface area (Å²) in [5.41, 5.74) is 11.9. The number of aromatic amines is 1. The van der Waals surface area contributed by atoms with Crippen molar-refractivity contribution in [3.8, 4) is 11.1 Å². The van der Waals surface area contributed by atoms with E-state index in [1.54, 1.807) is 0 Å². The number of benzene rings is 2. The Morgan fingerprint density at radius 3 is 2.48 bits per heavy atom. The van der Waals surface area contributed by atoms with Crippen molar-refractivity contribution in [1.29, 1.82) is 0 Å². The van der Waals surface area contributed by atoms with Gasteiger partial charge in [-0.25, -0.2) is 4.98 Å². The average Bonchev–Trinajstić information content (AvgIpc) is 3.08. The average molecular weight is 386 g/mol. The Balaban J connectivity index is 1.43. The Bertz CT molecular complexity index is 1120. The maximum absolute atomic E-state index is 5.94. The van der Waals surface area contributed by atoms with Crippen molar-refractivity contribution in [2.24, 2.45) is 0 Å². The maximum Gasteiger partial charge on any atom is 0.153 e. The number of fused-ring (bicyclic) bond motifs is 1. The maximum atomic E-state index is 5.94. The number of nitrogens with one attached hydrogen (secondary N) is 2. The number of pyridine rings is 1. The van der Waals surface area contributed by atoms with Crippen LogP contribution in [0.1, 0.15) is 31.9 Å². The van der Waals surface area contributed by atoms with Crippen molar-refractivity contribution in [3.05, 3.63) is 71.9 Å². The second-order valence-corrected chi connectivity index (χ2v) is 8.42. The van der Waals surface area contributed by atoms with Gasteiger partial charge in [0.2, 0.25) is 0 Å². The number of anilines is 2. The van der Waals surface area contributed by atoms with Gasteiger partial charge in [0, 0.05) is 18.1 Å². The summed E-state index contributed by atoms with van der Waals surface area (Å²) < 4.78 is 0. The number of hydrogen-bond donors (Lipinski definition) is 3. The molecule has 0 aliphatic carbocycles. The van der Waals surface area contributed by atoms with Crippen LogP contribution in [0.4, 0.5) is 11.6 Å². The van der Waals surface area contributed by atoms with Gasteiger partial charge in [0.1, 0.15) is 5.82 Å². The summed E-state index contributed by atoms with van der Waals surface area (Å²) >= 11 is 0. The topological polar surface area (TPSA) is 79.6 Å². The molecule has 2 aromatic heterocycles. The molecule has 5 heteroatoms. The predicted octanol–water partition coefficient (Wildman–Crippen LogP) is 5.16. The van der Waals surface area contributed by atoms with Crippen LogP contribution in [0.3, 0.4) is 0 Å². The first kappa shape index (κ1) is 19.0. The highest BCUT2D eigenvalue weighted by Crippen LogP contribution is 2.27. The summed E-state index contributed by atoms with van der Waals surface area (Å²) in [4.78, 5) is 4.46. The lowest BCUT2D eigenvalue weighted by Gasteiger charge is -2.19. The molecule has 0 aliphatic rings. The van der Waals surface area contributed by atoms with E-state index in [1.165, 1.54) is 11.1 Å². The molecular formula is C24H27N5. The number of nitrogens with zero attached hydrogens (tertiary/aromatic N) is 2. The Kier molecular flexibility index (Phi) is 4.97. The van der Waals surface area contributed by atoms with Crippen LogP contribution in [0, 0.1) is 0 Å². The van der Waals surface area contributed by atoms with E-state index in [-0.39, 0.29) is 5.41 Å². The molecule has 148 valence electrons. The minimum atomic E-state index is 0.186. The molecule has 0 saturated carbocycles. The third kappa shape index (κ3) is 4.24. The van der Waals surface area contributed by atoms with Crippen LogP contribution in [-0.2, 0) is 11.8 Å². The summed E-state index contributed by atoms with van der Waals surface area (Å²) in [6.07, 6.45) is 2.78. The van der Waals surface area contributed by atoms with Gasteiger partial charge in [0.25, 0.3) is 0 Å². The molecule has 0 spiro atoms. The van der Waals surface area contributed by atoms with Gasteiger partial charge < -0.3 is 11.1 Å². The number of nitrogens with two attached hydrogens (primary N) is 1. The molecule has 0 fully saturated rings. The quantitative estimate of drug-likeness (QED) is 0.443. The molecule has 4 N–H and O–H groups in total. The van der Waals surface area contributed by atoms with Crippen LogP contribution < -0.4 is 11.1 Å². The Labute approximate surface area is 171 Å². The summed E-state index contributed by atoms with van der Waals surface area (Å²) in [5.74, 6) is 1.39. The number of aromatic nitrogens is 3. The van der Waals surface area contributed by atoms with Crippen molar-refractivity contribution in [2.45, 2.75) is 32.6 Å². The van der Waals surface area contributed by atoms with Crippen LogP contribution in [0.25, 0.3) is 22.0 Å². The van der Waals surface area contributed by atoms with Gasteiger partial charge in [-0.15, -0.1) is 0 Å². The van der Waals surface area contributed by atoms with E-state index >= 15 is 0 Å². The normalized spacial score (nSPS) is 11.7. The molecule has 2 aromatic carbocycles. The molecule has 0 radical (unpaired) electrons. The number of hydrogen-bond acceptors (Lipinski definition) is 4. The monoisotopic (exact) mass is 385 g/mol. The molecule has 0 unspecified atom stereocenters. The first-order valence-electron chi connectivity index (χ1n) is 9.93. The third-order valence-corrected chi connectivity index (χ3v) is 5.23. The van der Waals surface area contributed by atoms with Gasteiger partial charge in [-0.05, 0) is 58.4 Å². The smallest absolute Gasteiger partial charge is 0.153 e. The Morgan fingerprint density at radius 2 is 1.72 bits per heavy atom. The van der Waals surface area contributed by atoms with Crippen LogP contribution in [0.15, 0.2) is 60.8 Å². The molecular weight excluding hydrogens is 358 g/mol. The zero-order chi connectivity index (χ0) is 20.4. The van der Waals surface area contributed by atoms with E-state index in [0.717, 1.165) is 40.8 Å². The molecule has 29 heavy (non-hydrogen) atoms. The fraction of sp³-hybridized carbons (Fsp3) is 0.250. The third-order valence-electron chi connectivity index (χ3n) is 5.23. The first-order chi connectivity index (χ1) is 13.9. The van der Waals surface area contributed by atoms with E-state index < -0.39 is 0 Å². The standard InChI is InChI=1S/C24H27N5/c1-24(2,3)19-7-4-16(5-8-19)10-12-26-22-15-18(11-13-27-22)17-6-9-21-20(14-17)23(25)29-28-21/h4-9,11,13-15H,10,12H2,1-3H3,(H,26,27)(H3,25,28,29). The van der Waals surface area contributed by atoms with Gasteiger partial charge in [0.05, 0.1) is 5.52 Å². The highest BCUT2D eigenvalue weighted by molar-refractivity contribution is 5.92. The summed E-state index contributed by atoms with van der Waals surface area (Å²) in [6, 6.07) is 19.1. The molecule has 4 aromatic rings. The zero-order valence-corrected chi connectivity index (χ0v) is 17.2. The second kappa shape index (κ2) is 7.59. The lowest BCUT2D eigenvalue weighted by atomic mass is 9.86. The van der Waals surface area contributed by atoms with Crippen molar-refractivity contribution in [3.63, 3.8) is 0 Å². The fourth-order valence-electron chi connectivity index (χ4n) is 3.43. The van der Waals surface area contributed by atoms with Crippen LogP contribution in [0.5, 0.6) is 0 Å². The molecule has 0 saturated heterocycles. The van der Waals surface area contributed by atoms with E-state index in [0.29, 0.717) is 5.82 Å². The minimum Gasteiger partial charge on any atom is -0.382 e. The van der Waals surface area contributed by atoms with Crippen LogP contribution in [-0.4, -0.2) is 21.7 Å². The van der Waals surface area contributed by atoms with E-state index in [2.05, 4.69) is 83.7 Å². The van der Waals surface area contributed by atoms with Crippen molar-refractivity contribution in [1.82, 2.24) is 15.2 Å². The lowest BCUT2D eigenvalue weighted by molar-refractivity contribution is 0.590. The van der Waals surface area contributed by atoms with Crippen molar-refractivity contribution in [2.75, 3.05) is 17.6 Å². The zero-order valence-electron chi connectivity index (χ0n) is 17.2.